The zero-order chi connectivity index (χ0) is 20.5. The van der Waals surface area contributed by atoms with Crippen molar-refractivity contribution in [3.05, 3.63) is 75.8 Å². The molecule has 1 fully saturated rings. The largest absolute Gasteiger partial charge is 0.452 e. The fraction of sp³-hybridized carbons (Fsp3) is 0.286. The Hall–Kier alpha value is -1.96. The number of carbonyl (C=O) groups excluding carboxylic acids is 1. The molecule has 0 radical (unpaired) electrons. The van der Waals surface area contributed by atoms with Gasteiger partial charge in [-0.1, -0.05) is 39.7 Å². The Balaban J connectivity index is 1.85. The normalized spacial score (nSPS) is 21.8. The second-order valence-corrected chi connectivity index (χ2v) is 9.61. The molecule has 148 valence electrons. The number of halogens is 1. The maximum atomic E-state index is 13.1. The molecule has 0 aliphatic carbocycles. The van der Waals surface area contributed by atoms with E-state index in [4.69, 9.17) is 4.74 Å². The zero-order valence-electron chi connectivity index (χ0n) is 15.9. The third-order valence-corrected chi connectivity index (χ3v) is 7.38. The first-order valence-corrected chi connectivity index (χ1v) is 11.2. The summed E-state index contributed by atoms with van der Waals surface area (Å²) in [5, 5.41) is 0. The molecule has 0 spiro atoms. The molecule has 0 amide bonds. The number of sulfonamides is 1. The molecule has 1 aliphatic rings. The summed E-state index contributed by atoms with van der Waals surface area (Å²) in [5.41, 5.74) is 2.18. The lowest BCUT2D eigenvalue weighted by Gasteiger charge is -2.24. The van der Waals surface area contributed by atoms with Gasteiger partial charge in [0, 0.05) is 11.0 Å². The molecule has 3 rings (SSSR count). The van der Waals surface area contributed by atoms with Gasteiger partial charge in [0.05, 0.1) is 16.5 Å². The number of ether oxygens (including phenoxy) is 1. The lowest BCUT2D eigenvalue weighted by molar-refractivity contribution is 0.0326. The van der Waals surface area contributed by atoms with E-state index >= 15 is 0 Å². The molecule has 1 aliphatic heterocycles. The Kier molecular flexibility index (Phi) is 6.07. The molecule has 1 saturated heterocycles. The van der Waals surface area contributed by atoms with Gasteiger partial charge in [-0.2, -0.15) is 4.31 Å². The van der Waals surface area contributed by atoms with Gasteiger partial charge in [-0.3, -0.25) is 0 Å². The van der Waals surface area contributed by atoms with Crippen molar-refractivity contribution in [3.8, 4) is 0 Å². The maximum absolute atomic E-state index is 13.1. The standard InChI is InChI=1S/C21H22BrNO4S/c1-4-16-13-23(28(25,26)19-11-5-14(2)6-12-19)15(3)20(16)27-21(24)17-7-9-18(22)10-8-17/h4-12,15,20H,13H2,1-3H3/b16-4+/t15-,20+/m0/s1. The molecular formula is C21H22BrNO4S. The monoisotopic (exact) mass is 463 g/mol. The molecule has 1 heterocycles. The van der Waals surface area contributed by atoms with Crippen LogP contribution in [0.3, 0.4) is 0 Å². The second kappa shape index (κ2) is 8.19. The number of esters is 1. The van der Waals surface area contributed by atoms with Crippen LogP contribution in [0.1, 0.15) is 29.8 Å². The van der Waals surface area contributed by atoms with Gasteiger partial charge in [-0.05, 0) is 62.7 Å². The summed E-state index contributed by atoms with van der Waals surface area (Å²) in [6.07, 6.45) is 1.20. The fourth-order valence-corrected chi connectivity index (χ4v) is 5.11. The summed E-state index contributed by atoms with van der Waals surface area (Å²) in [5.74, 6) is -0.474. The van der Waals surface area contributed by atoms with E-state index in [2.05, 4.69) is 15.9 Å². The van der Waals surface area contributed by atoms with Crippen molar-refractivity contribution in [2.75, 3.05) is 6.54 Å². The van der Waals surface area contributed by atoms with Gasteiger partial charge in [0.1, 0.15) is 6.10 Å². The lowest BCUT2D eigenvalue weighted by Crippen LogP contribution is -2.38. The van der Waals surface area contributed by atoms with Crippen LogP contribution in [0.5, 0.6) is 0 Å². The highest BCUT2D eigenvalue weighted by atomic mass is 79.9. The highest BCUT2D eigenvalue weighted by Gasteiger charge is 2.43. The van der Waals surface area contributed by atoms with Crippen molar-refractivity contribution in [1.29, 1.82) is 0 Å². The quantitative estimate of drug-likeness (QED) is 0.500. The third-order valence-electron chi connectivity index (χ3n) is 4.91. The van der Waals surface area contributed by atoms with E-state index in [9.17, 15) is 13.2 Å². The van der Waals surface area contributed by atoms with Gasteiger partial charge in [-0.25, -0.2) is 13.2 Å². The van der Waals surface area contributed by atoms with E-state index in [-0.39, 0.29) is 11.4 Å². The first-order valence-electron chi connectivity index (χ1n) is 8.94. The Morgan fingerprint density at radius 3 is 2.32 bits per heavy atom. The first-order chi connectivity index (χ1) is 13.2. The minimum Gasteiger partial charge on any atom is -0.452 e. The van der Waals surface area contributed by atoms with E-state index in [0.29, 0.717) is 5.56 Å². The zero-order valence-corrected chi connectivity index (χ0v) is 18.3. The highest BCUT2D eigenvalue weighted by Crippen LogP contribution is 2.32. The average molecular weight is 464 g/mol. The van der Waals surface area contributed by atoms with E-state index in [0.717, 1.165) is 15.6 Å². The minimum atomic E-state index is -3.69. The summed E-state index contributed by atoms with van der Waals surface area (Å²) in [6, 6.07) is 13.1. The molecule has 0 aromatic heterocycles. The van der Waals surface area contributed by atoms with Gasteiger partial charge in [0.25, 0.3) is 0 Å². The molecule has 5 nitrogen and oxygen atoms in total. The number of allylic oxidation sites excluding steroid dienone is 1. The molecule has 28 heavy (non-hydrogen) atoms. The van der Waals surface area contributed by atoms with Crippen LogP contribution >= 0.6 is 15.9 Å². The second-order valence-electron chi connectivity index (χ2n) is 6.80. The van der Waals surface area contributed by atoms with Crippen molar-refractivity contribution in [1.82, 2.24) is 4.31 Å². The van der Waals surface area contributed by atoms with Gasteiger partial charge in [-0.15, -0.1) is 0 Å². The Morgan fingerprint density at radius 2 is 1.75 bits per heavy atom. The predicted octanol–water partition coefficient (Wildman–Crippen LogP) is 4.32. The van der Waals surface area contributed by atoms with Crippen LogP contribution in [-0.2, 0) is 14.8 Å². The van der Waals surface area contributed by atoms with E-state index in [1.807, 2.05) is 19.9 Å². The van der Waals surface area contributed by atoms with Crippen molar-refractivity contribution in [2.45, 2.75) is 37.8 Å². The molecular weight excluding hydrogens is 442 g/mol. The summed E-state index contributed by atoms with van der Waals surface area (Å²) in [6.45, 7) is 5.70. The van der Waals surface area contributed by atoms with Gasteiger partial charge < -0.3 is 4.74 Å². The number of nitrogens with zero attached hydrogens (tertiary/aromatic N) is 1. The van der Waals surface area contributed by atoms with Crippen LogP contribution in [-0.4, -0.2) is 37.4 Å². The highest BCUT2D eigenvalue weighted by molar-refractivity contribution is 9.10. The van der Waals surface area contributed by atoms with Crippen molar-refractivity contribution in [2.24, 2.45) is 0 Å². The van der Waals surface area contributed by atoms with Crippen LogP contribution in [0.4, 0.5) is 0 Å². The van der Waals surface area contributed by atoms with E-state index in [1.165, 1.54) is 4.31 Å². The topological polar surface area (TPSA) is 63.7 Å². The Bertz CT molecular complexity index is 998. The van der Waals surface area contributed by atoms with Gasteiger partial charge in [0.2, 0.25) is 10.0 Å². The SMILES string of the molecule is C/C=C1\CN(S(=O)(=O)c2ccc(C)cc2)[C@@H](C)[C@H]1OC(=O)c1ccc(Br)cc1. The molecule has 2 aromatic carbocycles. The summed E-state index contributed by atoms with van der Waals surface area (Å²) in [7, 11) is -3.69. The lowest BCUT2D eigenvalue weighted by atomic mass is 10.1. The van der Waals surface area contributed by atoms with Crippen LogP contribution < -0.4 is 0 Å². The Labute approximate surface area is 174 Å². The maximum Gasteiger partial charge on any atom is 0.338 e. The molecule has 2 atom stereocenters. The summed E-state index contributed by atoms with van der Waals surface area (Å²) in [4.78, 5) is 12.8. The summed E-state index contributed by atoms with van der Waals surface area (Å²) >= 11 is 3.33. The number of hydrogen-bond donors (Lipinski definition) is 0. The van der Waals surface area contributed by atoms with Crippen LogP contribution in [0, 0.1) is 6.92 Å². The molecule has 2 aromatic rings. The van der Waals surface area contributed by atoms with Gasteiger partial charge >= 0.3 is 5.97 Å². The van der Waals surface area contributed by atoms with Crippen LogP contribution in [0.15, 0.2) is 69.5 Å². The Morgan fingerprint density at radius 1 is 1.14 bits per heavy atom. The fourth-order valence-electron chi connectivity index (χ4n) is 3.22. The van der Waals surface area contributed by atoms with Gasteiger partial charge in [0.15, 0.2) is 0 Å². The van der Waals surface area contributed by atoms with Crippen LogP contribution in [0.25, 0.3) is 0 Å². The van der Waals surface area contributed by atoms with Crippen LogP contribution in [0.2, 0.25) is 0 Å². The third kappa shape index (κ3) is 4.06. The van der Waals surface area contributed by atoms with E-state index < -0.39 is 28.1 Å². The number of hydrogen-bond acceptors (Lipinski definition) is 4. The molecule has 0 N–H and O–H groups in total. The van der Waals surface area contributed by atoms with Crippen molar-refractivity contribution < 1.29 is 17.9 Å². The number of carbonyl (C=O) groups is 1. The number of aryl methyl sites for hydroxylation is 1. The predicted molar refractivity (Wildman–Crippen MR) is 112 cm³/mol. The number of benzene rings is 2. The van der Waals surface area contributed by atoms with E-state index in [1.54, 1.807) is 55.5 Å². The molecule has 0 saturated carbocycles. The van der Waals surface area contributed by atoms with Crippen molar-refractivity contribution in [3.63, 3.8) is 0 Å². The molecule has 0 unspecified atom stereocenters. The first kappa shape index (κ1) is 20.8. The van der Waals surface area contributed by atoms with Crippen molar-refractivity contribution >= 4 is 31.9 Å². The number of rotatable bonds is 4. The molecule has 7 heteroatoms. The average Bonchev–Trinajstić information content (AvgIpc) is 2.99. The molecule has 0 bridgehead atoms. The smallest absolute Gasteiger partial charge is 0.338 e. The summed E-state index contributed by atoms with van der Waals surface area (Å²) < 4.78 is 34.2. The minimum absolute atomic E-state index is 0.201.